The van der Waals surface area contributed by atoms with E-state index in [1.54, 1.807) is 0 Å². The summed E-state index contributed by atoms with van der Waals surface area (Å²) in [5.74, 6) is 0. The molecule has 1 atom stereocenters. The maximum absolute atomic E-state index is 5.70. The van der Waals surface area contributed by atoms with Crippen molar-refractivity contribution in [3.63, 3.8) is 0 Å². The van der Waals surface area contributed by atoms with E-state index in [-0.39, 0.29) is 0 Å². The Labute approximate surface area is 86.2 Å². The number of hydrogen-bond donors (Lipinski definition) is 1. The fourth-order valence-corrected chi connectivity index (χ4v) is 1.30. The van der Waals surface area contributed by atoms with Crippen LogP contribution in [0.1, 0.15) is 11.7 Å². The van der Waals surface area contributed by atoms with E-state index >= 15 is 0 Å². The molecule has 68 valence electrons. The zero-order valence-corrected chi connectivity index (χ0v) is 8.74. The van der Waals surface area contributed by atoms with Gasteiger partial charge < -0.3 is 10.3 Å². The van der Waals surface area contributed by atoms with Crippen LogP contribution in [0.3, 0.4) is 0 Å². The third-order valence-corrected chi connectivity index (χ3v) is 2.36. The van der Waals surface area contributed by atoms with E-state index in [9.17, 15) is 0 Å². The van der Waals surface area contributed by atoms with Crippen LogP contribution in [0.25, 0.3) is 0 Å². The number of alkyl halides is 3. The van der Waals surface area contributed by atoms with Crippen molar-refractivity contribution >= 4 is 34.8 Å². The van der Waals surface area contributed by atoms with Gasteiger partial charge in [0.05, 0.1) is 6.04 Å². The monoisotopic (exact) mass is 226 g/mol. The van der Waals surface area contributed by atoms with Crippen molar-refractivity contribution in [2.24, 2.45) is 12.8 Å². The van der Waals surface area contributed by atoms with Crippen LogP contribution in [0.15, 0.2) is 18.3 Å². The van der Waals surface area contributed by atoms with Gasteiger partial charge in [-0.2, -0.15) is 0 Å². The summed E-state index contributed by atoms with van der Waals surface area (Å²) in [6, 6.07) is 3.08. The van der Waals surface area contributed by atoms with Gasteiger partial charge in [-0.15, -0.1) is 0 Å². The number of halogens is 3. The molecule has 0 aliphatic rings. The second-order valence-corrected chi connectivity index (χ2v) is 4.93. The van der Waals surface area contributed by atoms with Gasteiger partial charge in [0.25, 0.3) is 0 Å². The van der Waals surface area contributed by atoms with Crippen molar-refractivity contribution < 1.29 is 0 Å². The topological polar surface area (TPSA) is 30.9 Å². The molecule has 2 N–H and O–H groups in total. The molecular weight excluding hydrogens is 218 g/mol. The highest BCUT2D eigenvalue weighted by molar-refractivity contribution is 6.68. The van der Waals surface area contributed by atoms with Crippen molar-refractivity contribution in [2.45, 2.75) is 9.83 Å². The standard InChI is InChI=1S/C7H9Cl3N2/c1-12-4-2-3-5(12)6(11)7(8,9)10/h2-4,6H,11H2,1H3/t6-/m0/s1. The first kappa shape index (κ1) is 10.2. The first-order chi connectivity index (χ1) is 5.43. The lowest BCUT2D eigenvalue weighted by Gasteiger charge is -2.20. The van der Waals surface area contributed by atoms with Gasteiger partial charge in [-0.25, -0.2) is 0 Å². The molecular formula is C7H9Cl3N2. The van der Waals surface area contributed by atoms with E-state index in [2.05, 4.69) is 0 Å². The van der Waals surface area contributed by atoms with Gasteiger partial charge in [-0.05, 0) is 12.1 Å². The van der Waals surface area contributed by atoms with Crippen molar-refractivity contribution in [3.8, 4) is 0 Å². The summed E-state index contributed by atoms with van der Waals surface area (Å²) >= 11 is 16.9. The molecule has 0 radical (unpaired) electrons. The molecule has 1 heterocycles. The number of hydrogen-bond acceptors (Lipinski definition) is 1. The van der Waals surface area contributed by atoms with Crippen molar-refractivity contribution in [3.05, 3.63) is 24.0 Å². The van der Waals surface area contributed by atoms with Crippen molar-refractivity contribution in [2.75, 3.05) is 0 Å². The maximum Gasteiger partial charge on any atom is 0.210 e. The molecule has 0 aromatic carbocycles. The number of nitrogens with zero attached hydrogens (tertiary/aromatic N) is 1. The lowest BCUT2D eigenvalue weighted by atomic mass is 10.2. The number of aryl methyl sites for hydroxylation is 1. The predicted octanol–water partition coefficient (Wildman–Crippen LogP) is 2.40. The van der Waals surface area contributed by atoms with Gasteiger partial charge >= 0.3 is 0 Å². The summed E-state index contributed by atoms with van der Waals surface area (Å²) in [5, 5.41) is 0. The fourth-order valence-electron chi connectivity index (χ4n) is 0.965. The Morgan fingerprint density at radius 1 is 1.50 bits per heavy atom. The highest BCUT2D eigenvalue weighted by atomic mass is 35.6. The Morgan fingerprint density at radius 3 is 2.42 bits per heavy atom. The van der Waals surface area contributed by atoms with E-state index in [0.717, 1.165) is 5.69 Å². The van der Waals surface area contributed by atoms with Crippen molar-refractivity contribution in [1.29, 1.82) is 0 Å². The van der Waals surface area contributed by atoms with Gasteiger partial charge in [0.15, 0.2) is 0 Å². The van der Waals surface area contributed by atoms with Crippen LogP contribution in [0.5, 0.6) is 0 Å². The van der Waals surface area contributed by atoms with Crippen LogP contribution < -0.4 is 5.73 Å². The highest BCUT2D eigenvalue weighted by Crippen LogP contribution is 2.37. The molecule has 0 aliphatic heterocycles. The number of aromatic nitrogens is 1. The molecule has 0 amide bonds. The lowest BCUT2D eigenvalue weighted by Crippen LogP contribution is -2.27. The summed E-state index contributed by atoms with van der Waals surface area (Å²) < 4.78 is 0.374. The molecule has 0 unspecified atom stereocenters. The Balaban J connectivity index is 2.92. The largest absolute Gasteiger partial charge is 0.353 e. The Bertz CT molecular complexity index is 264. The first-order valence-corrected chi connectivity index (χ1v) is 4.50. The second-order valence-electron chi connectivity index (χ2n) is 2.56. The third kappa shape index (κ3) is 2.07. The van der Waals surface area contributed by atoms with E-state index < -0.39 is 9.83 Å². The van der Waals surface area contributed by atoms with Crippen LogP contribution in [-0.4, -0.2) is 8.36 Å². The average Bonchev–Trinajstić information content (AvgIpc) is 2.31. The lowest BCUT2D eigenvalue weighted by molar-refractivity contribution is 0.672. The van der Waals surface area contributed by atoms with Gasteiger partial charge in [-0.1, -0.05) is 34.8 Å². The zero-order valence-electron chi connectivity index (χ0n) is 6.47. The van der Waals surface area contributed by atoms with E-state index in [0.29, 0.717) is 0 Å². The van der Waals surface area contributed by atoms with Crippen molar-refractivity contribution in [1.82, 2.24) is 4.57 Å². The molecule has 2 nitrogen and oxygen atoms in total. The van der Waals surface area contributed by atoms with Gasteiger partial charge in [-0.3, -0.25) is 0 Å². The Kier molecular flexibility index (Phi) is 2.94. The van der Waals surface area contributed by atoms with Gasteiger partial charge in [0.2, 0.25) is 3.79 Å². The molecule has 0 bridgehead atoms. The van der Waals surface area contributed by atoms with Crippen LogP contribution in [0.4, 0.5) is 0 Å². The Hall–Kier alpha value is 0.110. The van der Waals surface area contributed by atoms with E-state index in [1.807, 2.05) is 29.9 Å². The molecule has 0 spiro atoms. The molecule has 0 aliphatic carbocycles. The van der Waals surface area contributed by atoms with Crippen LogP contribution in [-0.2, 0) is 7.05 Å². The highest BCUT2D eigenvalue weighted by Gasteiger charge is 2.31. The quantitative estimate of drug-likeness (QED) is 0.734. The average molecular weight is 228 g/mol. The molecule has 1 aromatic heterocycles. The van der Waals surface area contributed by atoms with Crippen LogP contribution >= 0.6 is 34.8 Å². The molecule has 0 fully saturated rings. The third-order valence-electron chi connectivity index (χ3n) is 1.66. The van der Waals surface area contributed by atoms with Gasteiger partial charge in [0, 0.05) is 18.9 Å². The van der Waals surface area contributed by atoms with Crippen LogP contribution in [0.2, 0.25) is 0 Å². The van der Waals surface area contributed by atoms with Gasteiger partial charge in [0.1, 0.15) is 0 Å². The summed E-state index contributed by atoms with van der Waals surface area (Å²) in [5.41, 5.74) is 6.50. The fraction of sp³-hybridized carbons (Fsp3) is 0.429. The molecule has 0 saturated heterocycles. The maximum atomic E-state index is 5.70. The van der Waals surface area contributed by atoms with Crippen LogP contribution in [0, 0.1) is 0 Å². The molecule has 5 heteroatoms. The second kappa shape index (κ2) is 3.46. The SMILES string of the molecule is Cn1cccc1[C@H](N)C(Cl)(Cl)Cl. The summed E-state index contributed by atoms with van der Waals surface area (Å²) in [7, 11) is 1.85. The molecule has 1 rings (SSSR count). The first-order valence-electron chi connectivity index (χ1n) is 3.36. The molecule has 12 heavy (non-hydrogen) atoms. The Morgan fingerprint density at radius 2 is 2.08 bits per heavy atom. The smallest absolute Gasteiger partial charge is 0.210 e. The minimum absolute atomic E-state index is 0.595. The normalized spacial score (nSPS) is 14.8. The minimum atomic E-state index is -1.45. The molecule has 1 aromatic rings. The zero-order chi connectivity index (χ0) is 9.35. The predicted molar refractivity (Wildman–Crippen MR) is 52.6 cm³/mol. The minimum Gasteiger partial charge on any atom is -0.353 e. The summed E-state index contributed by atoms with van der Waals surface area (Å²) in [6.45, 7) is 0. The van der Waals surface area contributed by atoms with E-state index in [1.165, 1.54) is 0 Å². The number of nitrogens with two attached hydrogens (primary N) is 1. The van der Waals surface area contributed by atoms with E-state index in [4.69, 9.17) is 40.5 Å². The summed E-state index contributed by atoms with van der Waals surface area (Å²) in [4.78, 5) is 0. The summed E-state index contributed by atoms with van der Waals surface area (Å²) in [6.07, 6.45) is 1.85. The number of rotatable bonds is 1. The molecule has 0 saturated carbocycles.